The molecule has 0 aliphatic rings. The van der Waals surface area contributed by atoms with Crippen molar-refractivity contribution >= 4 is 5.91 Å². The molecular weight excluding hydrogens is 140 g/mol. The molecule has 0 rings (SSSR count). The Hall–Kier alpha value is -1.04. The molecule has 0 aliphatic carbocycles. The molecule has 0 saturated heterocycles. The average Bonchev–Trinajstić information content (AvgIpc) is 2.02. The van der Waals surface area contributed by atoms with E-state index in [0.29, 0.717) is 0 Å². The molecule has 3 nitrogen and oxygen atoms in total. The predicted molar refractivity (Wildman–Crippen MR) is 42.8 cm³/mol. The molecule has 0 aromatic heterocycles. The SMILES string of the molecule is CCC(C)N(C)C(=O)CC#N. The molecule has 0 N–H and O–H groups in total. The van der Waals surface area contributed by atoms with Gasteiger partial charge >= 0.3 is 0 Å². The highest BCUT2D eigenvalue weighted by atomic mass is 16.2. The van der Waals surface area contributed by atoms with E-state index in [-0.39, 0.29) is 18.4 Å². The van der Waals surface area contributed by atoms with E-state index >= 15 is 0 Å². The fourth-order valence-electron chi connectivity index (χ4n) is 0.712. The zero-order chi connectivity index (χ0) is 8.85. The van der Waals surface area contributed by atoms with Gasteiger partial charge in [0, 0.05) is 13.1 Å². The summed E-state index contributed by atoms with van der Waals surface area (Å²) in [6.07, 6.45) is 0.911. The van der Waals surface area contributed by atoms with Crippen LogP contribution in [-0.4, -0.2) is 23.9 Å². The Morgan fingerprint density at radius 1 is 1.73 bits per heavy atom. The highest BCUT2D eigenvalue weighted by Gasteiger charge is 2.12. The third-order valence-corrected chi connectivity index (χ3v) is 1.88. The standard InChI is InChI=1S/C8H14N2O/c1-4-7(2)10(3)8(11)5-6-9/h7H,4-5H2,1-3H3. The van der Waals surface area contributed by atoms with Crippen molar-refractivity contribution in [2.75, 3.05) is 7.05 Å². The molecule has 1 amide bonds. The molecule has 0 aromatic carbocycles. The fraction of sp³-hybridized carbons (Fsp3) is 0.750. The molecular formula is C8H14N2O. The number of nitriles is 1. The van der Waals surface area contributed by atoms with Gasteiger partial charge in [-0.2, -0.15) is 5.26 Å². The maximum absolute atomic E-state index is 11.0. The van der Waals surface area contributed by atoms with Gasteiger partial charge in [-0.15, -0.1) is 0 Å². The zero-order valence-electron chi connectivity index (χ0n) is 7.29. The Morgan fingerprint density at radius 3 is 2.64 bits per heavy atom. The molecule has 0 aliphatic heterocycles. The molecule has 11 heavy (non-hydrogen) atoms. The van der Waals surface area contributed by atoms with Crippen molar-refractivity contribution in [2.24, 2.45) is 0 Å². The maximum Gasteiger partial charge on any atom is 0.236 e. The van der Waals surface area contributed by atoms with Crippen LogP contribution in [0.1, 0.15) is 26.7 Å². The smallest absolute Gasteiger partial charge is 0.236 e. The molecule has 1 unspecified atom stereocenters. The second-order valence-electron chi connectivity index (χ2n) is 2.60. The second kappa shape index (κ2) is 4.73. The fourth-order valence-corrected chi connectivity index (χ4v) is 0.712. The van der Waals surface area contributed by atoms with Gasteiger partial charge in [-0.05, 0) is 13.3 Å². The summed E-state index contributed by atoms with van der Waals surface area (Å²) in [5, 5.41) is 8.24. The van der Waals surface area contributed by atoms with Crippen LogP contribution in [0.25, 0.3) is 0 Å². The molecule has 0 spiro atoms. The topological polar surface area (TPSA) is 44.1 Å². The number of carbonyl (C=O) groups excluding carboxylic acids is 1. The van der Waals surface area contributed by atoms with Crippen molar-refractivity contribution in [3.63, 3.8) is 0 Å². The van der Waals surface area contributed by atoms with Crippen LogP contribution in [0.3, 0.4) is 0 Å². The third-order valence-electron chi connectivity index (χ3n) is 1.88. The molecule has 1 atom stereocenters. The van der Waals surface area contributed by atoms with Crippen LogP contribution >= 0.6 is 0 Å². The number of carbonyl (C=O) groups is 1. The summed E-state index contributed by atoms with van der Waals surface area (Å²) in [7, 11) is 1.73. The minimum Gasteiger partial charge on any atom is -0.342 e. The largest absolute Gasteiger partial charge is 0.342 e. The van der Waals surface area contributed by atoms with Crippen molar-refractivity contribution in [1.29, 1.82) is 5.26 Å². The Labute approximate surface area is 67.6 Å². The first-order chi connectivity index (χ1) is 5.13. The van der Waals surface area contributed by atoms with Crippen LogP contribution in [-0.2, 0) is 4.79 Å². The predicted octanol–water partition coefficient (Wildman–Crippen LogP) is 1.16. The molecule has 0 aromatic rings. The van der Waals surface area contributed by atoms with Gasteiger partial charge in [0.25, 0.3) is 0 Å². The lowest BCUT2D eigenvalue weighted by molar-refractivity contribution is -0.130. The van der Waals surface area contributed by atoms with Gasteiger partial charge in [0.05, 0.1) is 6.07 Å². The van der Waals surface area contributed by atoms with Crippen LogP contribution in [0.5, 0.6) is 0 Å². The van der Waals surface area contributed by atoms with Gasteiger partial charge in [-0.3, -0.25) is 4.79 Å². The van der Waals surface area contributed by atoms with Crippen molar-refractivity contribution in [1.82, 2.24) is 4.90 Å². The quantitative estimate of drug-likeness (QED) is 0.612. The van der Waals surface area contributed by atoms with Crippen LogP contribution < -0.4 is 0 Å². The van der Waals surface area contributed by atoms with E-state index in [9.17, 15) is 4.79 Å². The molecule has 0 radical (unpaired) electrons. The van der Waals surface area contributed by atoms with Crippen molar-refractivity contribution in [3.8, 4) is 6.07 Å². The van der Waals surface area contributed by atoms with E-state index in [4.69, 9.17) is 5.26 Å². The van der Waals surface area contributed by atoms with Gasteiger partial charge in [-0.1, -0.05) is 6.92 Å². The van der Waals surface area contributed by atoms with Crippen LogP contribution in [0.15, 0.2) is 0 Å². The van der Waals surface area contributed by atoms with Crippen molar-refractivity contribution < 1.29 is 4.79 Å². The van der Waals surface area contributed by atoms with Crippen LogP contribution in [0.4, 0.5) is 0 Å². The van der Waals surface area contributed by atoms with E-state index in [1.807, 2.05) is 19.9 Å². The summed E-state index contributed by atoms with van der Waals surface area (Å²) >= 11 is 0. The second-order valence-corrected chi connectivity index (χ2v) is 2.60. The molecule has 0 saturated carbocycles. The van der Waals surface area contributed by atoms with Crippen molar-refractivity contribution in [2.45, 2.75) is 32.7 Å². The monoisotopic (exact) mass is 154 g/mol. The summed E-state index contributed by atoms with van der Waals surface area (Å²) in [5.74, 6) is -0.0955. The van der Waals surface area contributed by atoms with E-state index in [1.54, 1.807) is 11.9 Å². The van der Waals surface area contributed by atoms with Gasteiger partial charge in [0.2, 0.25) is 5.91 Å². The average molecular weight is 154 g/mol. The summed E-state index contributed by atoms with van der Waals surface area (Å²) < 4.78 is 0. The van der Waals surface area contributed by atoms with Gasteiger partial charge < -0.3 is 4.90 Å². The Bertz CT molecular complexity index is 171. The molecule has 0 heterocycles. The number of hydrogen-bond acceptors (Lipinski definition) is 2. The maximum atomic E-state index is 11.0. The first kappa shape index (κ1) is 9.96. The minimum atomic E-state index is -0.0955. The highest BCUT2D eigenvalue weighted by molar-refractivity contribution is 5.78. The van der Waals surface area contributed by atoms with E-state index < -0.39 is 0 Å². The number of hydrogen-bond donors (Lipinski definition) is 0. The summed E-state index contributed by atoms with van der Waals surface area (Å²) in [6.45, 7) is 3.98. The molecule has 3 heteroatoms. The van der Waals surface area contributed by atoms with Crippen LogP contribution in [0.2, 0.25) is 0 Å². The first-order valence-corrected chi connectivity index (χ1v) is 3.76. The normalized spacial score (nSPS) is 11.8. The Kier molecular flexibility index (Phi) is 4.28. The summed E-state index contributed by atoms with van der Waals surface area (Å²) in [5.41, 5.74) is 0. The number of nitrogens with zero attached hydrogens (tertiary/aromatic N) is 2. The van der Waals surface area contributed by atoms with Gasteiger partial charge in [0.15, 0.2) is 0 Å². The van der Waals surface area contributed by atoms with E-state index in [0.717, 1.165) is 6.42 Å². The van der Waals surface area contributed by atoms with E-state index in [2.05, 4.69) is 0 Å². The van der Waals surface area contributed by atoms with Gasteiger partial charge in [-0.25, -0.2) is 0 Å². The Morgan fingerprint density at radius 2 is 2.27 bits per heavy atom. The molecule has 0 fully saturated rings. The van der Waals surface area contributed by atoms with Gasteiger partial charge in [0.1, 0.15) is 6.42 Å². The van der Waals surface area contributed by atoms with E-state index in [1.165, 1.54) is 0 Å². The summed E-state index contributed by atoms with van der Waals surface area (Å²) in [6, 6.07) is 2.07. The zero-order valence-corrected chi connectivity index (χ0v) is 7.29. The lowest BCUT2D eigenvalue weighted by Crippen LogP contribution is -2.34. The van der Waals surface area contributed by atoms with Crippen LogP contribution in [0, 0.1) is 11.3 Å². The highest BCUT2D eigenvalue weighted by Crippen LogP contribution is 2.01. The Balaban J connectivity index is 3.93. The summed E-state index contributed by atoms with van der Waals surface area (Å²) in [4.78, 5) is 12.7. The lowest BCUT2D eigenvalue weighted by Gasteiger charge is -2.22. The lowest BCUT2D eigenvalue weighted by atomic mass is 10.2. The molecule has 62 valence electrons. The first-order valence-electron chi connectivity index (χ1n) is 3.76. The number of amides is 1. The number of rotatable bonds is 3. The third kappa shape index (κ3) is 3.03. The van der Waals surface area contributed by atoms with Crippen molar-refractivity contribution in [3.05, 3.63) is 0 Å². The molecule has 0 bridgehead atoms. The minimum absolute atomic E-state index is 0.0131.